The van der Waals surface area contributed by atoms with E-state index in [0.717, 1.165) is 16.5 Å². The summed E-state index contributed by atoms with van der Waals surface area (Å²) in [6, 6.07) is 15.0. The Balaban J connectivity index is 1.81. The number of halogens is 1. The third-order valence-electron chi connectivity index (χ3n) is 3.42. The van der Waals surface area contributed by atoms with Crippen LogP contribution in [0.1, 0.15) is 15.9 Å². The smallest absolute Gasteiger partial charge is 0.273 e. The number of hydrazone groups is 1. The molecular formula is C17H14ClN3O. The Labute approximate surface area is 133 Å². The van der Waals surface area contributed by atoms with Crippen LogP contribution >= 0.6 is 11.6 Å². The summed E-state index contributed by atoms with van der Waals surface area (Å²) in [6.45, 7) is 0. The topological polar surface area (TPSA) is 46.4 Å². The van der Waals surface area contributed by atoms with Crippen molar-refractivity contribution >= 4 is 34.6 Å². The fourth-order valence-corrected chi connectivity index (χ4v) is 2.51. The number of aryl methyl sites for hydroxylation is 1. The molecule has 0 radical (unpaired) electrons. The van der Waals surface area contributed by atoms with Crippen LogP contribution in [0, 0.1) is 0 Å². The molecule has 1 heterocycles. The highest BCUT2D eigenvalue weighted by Gasteiger charge is 2.12. The van der Waals surface area contributed by atoms with E-state index in [1.165, 1.54) is 6.21 Å². The number of hydrogen-bond acceptors (Lipinski definition) is 2. The maximum Gasteiger partial charge on any atom is 0.273 e. The second-order valence-corrected chi connectivity index (χ2v) is 5.30. The van der Waals surface area contributed by atoms with Gasteiger partial charge in [-0.1, -0.05) is 48.0 Å². The Morgan fingerprint density at radius 3 is 2.73 bits per heavy atom. The number of rotatable bonds is 3. The van der Waals surface area contributed by atoms with E-state index in [2.05, 4.69) is 10.5 Å². The summed E-state index contributed by atoms with van der Waals surface area (Å²) < 4.78 is 1.92. The van der Waals surface area contributed by atoms with Gasteiger partial charge in [-0.25, -0.2) is 5.43 Å². The van der Waals surface area contributed by atoms with Crippen molar-refractivity contribution in [3.8, 4) is 0 Å². The van der Waals surface area contributed by atoms with Gasteiger partial charge in [0.05, 0.1) is 11.8 Å². The second-order valence-electron chi connectivity index (χ2n) is 4.89. The first-order valence-electron chi connectivity index (χ1n) is 6.79. The molecule has 110 valence electrons. The summed E-state index contributed by atoms with van der Waals surface area (Å²) in [5.74, 6) is -0.250. The number of carbonyl (C=O) groups is 1. The Kier molecular flexibility index (Phi) is 3.94. The Bertz CT molecular complexity index is 867. The maximum absolute atomic E-state index is 12.3. The molecular weight excluding hydrogens is 298 g/mol. The van der Waals surface area contributed by atoms with Crippen molar-refractivity contribution in [1.29, 1.82) is 0 Å². The van der Waals surface area contributed by atoms with Crippen LogP contribution in [-0.4, -0.2) is 16.7 Å². The molecule has 0 saturated carbocycles. The molecule has 1 amide bonds. The number of amides is 1. The third kappa shape index (κ3) is 2.73. The third-order valence-corrected chi connectivity index (χ3v) is 3.76. The number of nitrogens with one attached hydrogen (secondary N) is 1. The molecule has 5 heteroatoms. The van der Waals surface area contributed by atoms with Crippen LogP contribution in [0.2, 0.25) is 5.02 Å². The molecule has 0 saturated heterocycles. The van der Waals surface area contributed by atoms with Gasteiger partial charge in [-0.05, 0) is 12.1 Å². The average Bonchev–Trinajstić information content (AvgIpc) is 2.87. The summed E-state index contributed by atoms with van der Waals surface area (Å²) >= 11 is 6.03. The molecule has 0 fully saturated rings. The Hall–Kier alpha value is -2.59. The quantitative estimate of drug-likeness (QED) is 0.583. The number of benzene rings is 2. The standard InChI is InChI=1S/C17H14ClN3O/c1-21-11-14(13-7-3-5-9-16(13)21)17(22)20-19-10-12-6-2-4-8-15(12)18/h2-11H,1H3,(H,20,22)/b19-10-. The van der Waals surface area contributed by atoms with Crippen LogP contribution in [0.4, 0.5) is 0 Å². The molecule has 0 spiro atoms. The second kappa shape index (κ2) is 6.03. The summed E-state index contributed by atoms with van der Waals surface area (Å²) in [4.78, 5) is 12.3. The van der Waals surface area contributed by atoms with Crippen LogP contribution in [0.5, 0.6) is 0 Å². The summed E-state index contributed by atoms with van der Waals surface area (Å²) in [7, 11) is 1.91. The lowest BCUT2D eigenvalue weighted by Gasteiger charge is -1.99. The van der Waals surface area contributed by atoms with Crippen molar-refractivity contribution in [2.24, 2.45) is 12.1 Å². The van der Waals surface area contributed by atoms with Crippen molar-refractivity contribution in [2.45, 2.75) is 0 Å². The first kappa shape index (κ1) is 14.4. The van der Waals surface area contributed by atoms with Crippen molar-refractivity contribution in [2.75, 3.05) is 0 Å². The Morgan fingerprint density at radius 2 is 1.91 bits per heavy atom. The monoisotopic (exact) mass is 311 g/mol. The highest BCUT2D eigenvalue weighted by Crippen LogP contribution is 2.20. The average molecular weight is 312 g/mol. The number of carbonyl (C=O) groups excluding carboxylic acids is 1. The van der Waals surface area contributed by atoms with E-state index in [-0.39, 0.29) is 5.91 Å². The molecule has 1 N–H and O–H groups in total. The molecule has 0 bridgehead atoms. The van der Waals surface area contributed by atoms with Gasteiger partial charge in [0.15, 0.2) is 0 Å². The zero-order valence-electron chi connectivity index (χ0n) is 12.0. The number of nitrogens with zero attached hydrogens (tertiary/aromatic N) is 2. The van der Waals surface area contributed by atoms with Crippen molar-refractivity contribution in [3.05, 3.63) is 70.9 Å². The van der Waals surface area contributed by atoms with Gasteiger partial charge in [-0.3, -0.25) is 4.79 Å². The van der Waals surface area contributed by atoms with Crippen LogP contribution in [-0.2, 0) is 7.05 Å². The molecule has 1 aromatic heterocycles. The lowest BCUT2D eigenvalue weighted by Crippen LogP contribution is -2.17. The summed E-state index contributed by atoms with van der Waals surface area (Å²) in [6.07, 6.45) is 3.33. The predicted octanol–water partition coefficient (Wildman–Crippen LogP) is 3.60. The van der Waals surface area contributed by atoms with Gasteiger partial charge in [0.1, 0.15) is 0 Å². The fraction of sp³-hybridized carbons (Fsp3) is 0.0588. The zero-order valence-corrected chi connectivity index (χ0v) is 12.7. The van der Waals surface area contributed by atoms with Crippen molar-refractivity contribution in [3.63, 3.8) is 0 Å². The van der Waals surface area contributed by atoms with Crippen LogP contribution < -0.4 is 5.43 Å². The summed E-state index contributed by atoms with van der Waals surface area (Å²) in [5, 5.41) is 5.46. The molecule has 0 unspecified atom stereocenters. The van der Waals surface area contributed by atoms with Gasteiger partial charge in [-0.2, -0.15) is 5.10 Å². The molecule has 0 aliphatic rings. The van der Waals surface area contributed by atoms with Gasteiger partial charge in [-0.15, -0.1) is 0 Å². The molecule has 22 heavy (non-hydrogen) atoms. The molecule has 2 aromatic carbocycles. The van der Waals surface area contributed by atoms with Gasteiger partial charge in [0, 0.05) is 34.7 Å². The van der Waals surface area contributed by atoms with E-state index >= 15 is 0 Å². The largest absolute Gasteiger partial charge is 0.350 e. The van der Waals surface area contributed by atoms with Gasteiger partial charge < -0.3 is 4.57 Å². The predicted molar refractivity (Wildman–Crippen MR) is 89.4 cm³/mol. The highest BCUT2D eigenvalue weighted by atomic mass is 35.5. The normalized spacial score (nSPS) is 11.2. The maximum atomic E-state index is 12.3. The van der Waals surface area contributed by atoms with E-state index in [1.54, 1.807) is 12.3 Å². The van der Waals surface area contributed by atoms with Crippen molar-refractivity contribution in [1.82, 2.24) is 9.99 Å². The van der Waals surface area contributed by atoms with Crippen LogP contribution in [0.3, 0.4) is 0 Å². The van der Waals surface area contributed by atoms with E-state index < -0.39 is 0 Å². The molecule has 0 aliphatic carbocycles. The first-order chi connectivity index (χ1) is 10.7. The minimum atomic E-state index is -0.250. The van der Waals surface area contributed by atoms with Gasteiger partial charge in [0.2, 0.25) is 0 Å². The van der Waals surface area contributed by atoms with Crippen LogP contribution in [0.25, 0.3) is 10.9 Å². The van der Waals surface area contributed by atoms with Gasteiger partial charge >= 0.3 is 0 Å². The molecule has 0 aliphatic heterocycles. The lowest BCUT2D eigenvalue weighted by molar-refractivity contribution is 0.0956. The first-order valence-corrected chi connectivity index (χ1v) is 7.16. The van der Waals surface area contributed by atoms with E-state index in [9.17, 15) is 4.79 Å². The zero-order chi connectivity index (χ0) is 15.5. The summed E-state index contributed by atoms with van der Waals surface area (Å²) in [5.41, 5.74) is 4.89. The minimum Gasteiger partial charge on any atom is -0.350 e. The number of hydrogen-bond donors (Lipinski definition) is 1. The molecule has 3 rings (SSSR count). The fourth-order valence-electron chi connectivity index (χ4n) is 2.32. The number of aromatic nitrogens is 1. The lowest BCUT2D eigenvalue weighted by atomic mass is 10.2. The Morgan fingerprint density at radius 1 is 1.18 bits per heavy atom. The number of para-hydroxylation sites is 1. The molecule has 3 aromatic rings. The SMILES string of the molecule is Cn1cc(C(=O)N/N=C\c2ccccc2Cl)c2ccccc21. The van der Waals surface area contributed by atoms with E-state index in [0.29, 0.717) is 10.6 Å². The number of fused-ring (bicyclic) bond motifs is 1. The molecule has 4 nitrogen and oxygen atoms in total. The molecule has 0 atom stereocenters. The van der Waals surface area contributed by atoms with Crippen LogP contribution in [0.15, 0.2) is 59.8 Å². The van der Waals surface area contributed by atoms with E-state index in [1.807, 2.05) is 54.1 Å². The minimum absolute atomic E-state index is 0.250. The van der Waals surface area contributed by atoms with Crippen molar-refractivity contribution < 1.29 is 4.79 Å². The highest BCUT2D eigenvalue weighted by molar-refractivity contribution is 6.33. The van der Waals surface area contributed by atoms with E-state index in [4.69, 9.17) is 11.6 Å². The van der Waals surface area contributed by atoms with Gasteiger partial charge in [0.25, 0.3) is 5.91 Å².